The van der Waals surface area contributed by atoms with Gasteiger partial charge in [-0.1, -0.05) is 0 Å². The molecule has 9 heteroatoms. The highest BCUT2D eigenvalue weighted by Crippen LogP contribution is 2.53. The summed E-state index contributed by atoms with van der Waals surface area (Å²) in [5.74, 6) is -0.749. The number of methoxy groups -OCH3 is 1. The van der Waals surface area contributed by atoms with Crippen LogP contribution < -0.4 is 0 Å². The number of fused-ring (bicyclic) bond motifs is 1. The Labute approximate surface area is 155 Å². The van der Waals surface area contributed by atoms with Gasteiger partial charge in [-0.3, -0.25) is 0 Å². The zero-order chi connectivity index (χ0) is 19.1. The van der Waals surface area contributed by atoms with E-state index in [0.29, 0.717) is 19.6 Å². The van der Waals surface area contributed by atoms with Gasteiger partial charge < -0.3 is 23.7 Å². The van der Waals surface area contributed by atoms with Gasteiger partial charge in [-0.15, -0.1) is 0 Å². The van der Waals surface area contributed by atoms with Gasteiger partial charge in [-0.05, 0) is 41.0 Å². The van der Waals surface area contributed by atoms with Crippen LogP contribution in [0.2, 0.25) is 0 Å². The molecule has 8 nitrogen and oxygen atoms in total. The molecule has 26 heavy (non-hydrogen) atoms. The normalized spacial score (nSPS) is 45.4. The molecule has 150 valence electrons. The van der Waals surface area contributed by atoms with Crippen LogP contribution >= 0.6 is 0 Å². The third kappa shape index (κ3) is 2.45. The van der Waals surface area contributed by atoms with E-state index in [0.717, 1.165) is 0 Å². The maximum Gasteiger partial charge on any atom is 0.219 e. The van der Waals surface area contributed by atoms with Crippen LogP contribution in [-0.2, 0) is 33.7 Å². The maximum atomic E-state index is 13.2. The minimum absolute atomic E-state index is 0.296. The molecule has 0 unspecified atom stereocenters. The number of nitrogens with zero attached hydrogens (tertiary/aromatic N) is 1. The highest BCUT2D eigenvalue weighted by Gasteiger charge is 2.72. The van der Waals surface area contributed by atoms with Gasteiger partial charge in [0, 0.05) is 13.7 Å². The predicted octanol–water partition coefficient (Wildman–Crippen LogP) is 0.849. The molecule has 0 spiro atoms. The fraction of sp³-hybridized carbons (Fsp3) is 1.00. The van der Waals surface area contributed by atoms with Gasteiger partial charge in [-0.25, -0.2) is 8.42 Å². The maximum absolute atomic E-state index is 13.2. The molecule has 4 saturated heterocycles. The minimum Gasteiger partial charge on any atom is -0.377 e. The molecule has 4 aliphatic heterocycles. The fourth-order valence-corrected chi connectivity index (χ4v) is 6.21. The molecule has 0 N–H and O–H groups in total. The predicted molar refractivity (Wildman–Crippen MR) is 92.0 cm³/mol. The summed E-state index contributed by atoms with van der Waals surface area (Å²) >= 11 is 0. The molecule has 0 aromatic heterocycles. The second kappa shape index (κ2) is 5.62. The smallest absolute Gasteiger partial charge is 0.219 e. The van der Waals surface area contributed by atoms with Crippen LogP contribution in [0.4, 0.5) is 0 Å². The number of piperidine rings is 1. The lowest BCUT2D eigenvalue weighted by molar-refractivity contribution is -0.283. The van der Waals surface area contributed by atoms with E-state index in [4.69, 9.17) is 23.7 Å². The molecule has 4 fully saturated rings. The lowest BCUT2D eigenvalue weighted by Gasteiger charge is -2.55. The van der Waals surface area contributed by atoms with Crippen molar-refractivity contribution >= 4 is 10.0 Å². The van der Waals surface area contributed by atoms with Crippen LogP contribution in [0, 0.1) is 0 Å². The first-order valence-corrected chi connectivity index (χ1v) is 10.6. The van der Waals surface area contributed by atoms with Crippen molar-refractivity contribution < 1.29 is 32.1 Å². The van der Waals surface area contributed by atoms with Crippen LogP contribution in [0.15, 0.2) is 0 Å². The lowest BCUT2D eigenvalue weighted by atomic mass is 9.78. The Morgan fingerprint density at radius 2 is 1.85 bits per heavy atom. The van der Waals surface area contributed by atoms with Crippen molar-refractivity contribution in [2.75, 3.05) is 20.3 Å². The molecule has 0 aromatic carbocycles. The highest BCUT2D eigenvalue weighted by atomic mass is 32.2. The molecule has 0 amide bonds. The topological polar surface area (TPSA) is 83.5 Å². The molecule has 0 radical (unpaired) electrons. The van der Waals surface area contributed by atoms with E-state index in [9.17, 15) is 8.42 Å². The average Bonchev–Trinajstić information content (AvgIpc) is 2.96. The van der Waals surface area contributed by atoms with Crippen molar-refractivity contribution in [1.29, 1.82) is 0 Å². The number of hydrogen-bond donors (Lipinski definition) is 0. The van der Waals surface area contributed by atoms with E-state index in [1.807, 2.05) is 13.8 Å². The van der Waals surface area contributed by atoms with Gasteiger partial charge in [0.05, 0.1) is 23.5 Å². The van der Waals surface area contributed by atoms with Gasteiger partial charge in [0.15, 0.2) is 12.1 Å². The summed E-state index contributed by atoms with van der Waals surface area (Å²) in [5.41, 5.74) is -0.706. The molecule has 4 heterocycles. The van der Waals surface area contributed by atoms with Crippen LogP contribution in [0.1, 0.15) is 41.0 Å². The Morgan fingerprint density at radius 3 is 2.46 bits per heavy atom. The molecule has 4 rings (SSSR count). The molecule has 0 saturated carbocycles. The lowest BCUT2D eigenvalue weighted by Crippen LogP contribution is -2.73. The van der Waals surface area contributed by atoms with Gasteiger partial charge in [0.25, 0.3) is 0 Å². The van der Waals surface area contributed by atoms with Crippen LogP contribution in [-0.4, -0.2) is 79.8 Å². The van der Waals surface area contributed by atoms with E-state index < -0.39 is 50.7 Å². The standard InChI is InChI=1S/C17H29NO7S/c1-15(2,3)26(19,20)18-8-7-17-12(11(18)10(21-6)9-22-17)23-14-13(17)24-16(4,5)25-14/h10-14H,7-9H2,1-6H3/t10-,11+,12-,13+,14-,17-/m1/s1. The van der Waals surface area contributed by atoms with Crippen LogP contribution in [0.3, 0.4) is 0 Å². The van der Waals surface area contributed by atoms with E-state index >= 15 is 0 Å². The first-order chi connectivity index (χ1) is 11.9. The highest BCUT2D eigenvalue weighted by molar-refractivity contribution is 7.90. The van der Waals surface area contributed by atoms with Crippen LogP contribution in [0.25, 0.3) is 0 Å². The number of rotatable bonds is 2. The third-order valence-electron chi connectivity index (χ3n) is 5.95. The zero-order valence-electron chi connectivity index (χ0n) is 16.2. The number of hydrogen-bond acceptors (Lipinski definition) is 7. The van der Waals surface area contributed by atoms with E-state index in [2.05, 4.69) is 0 Å². The molecule has 6 atom stereocenters. The fourth-order valence-electron chi connectivity index (χ4n) is 4.61. The van der Waals surface area contributed by atoms with Crippen molar-refractivity contribution in [2.24, 2.45) is 0 Å². The van der Waals surface area contributed by atoms with E-state index in [-0.39, 0.29) is 6.10 Å². The Hall–Kier alpha value is -0.290. The number of sulfonamides is 1. The van der Waals surface area contributed by atoms with Crippen molar-refractivity contribution in [3.8, 4) is 0 Å². The van der Waals surface area contributed by atoms with Crippen molar-refractivity contribution in [3.63, 3.8) is 0 Å². The summed E-state index contributed by atoms with van der Waals surface area (Å²) in [5, 5.41) is 0. The van der Waals surface area contributed by atoms with Crippen molar-refractivity contribution in [1.82, 2.24) is 4.31 Å². The monoisotopic (exact) mass is 391 g/mol. The first-order valence-electron chi connectivity index (χ1n) is 9.12. The summed E-state index contributed by atoms with van der Waals surface area (Å²) in [4.78, 5) is 0. The van der Waals surface area contributed by atoms with Gasteiger partial charge in [0.2, 0.25) is 10.0 Å². The van der Waals surface area contributed by atoms with Crippen molar-refractivity contribution in [3.05, 3.63) is 0 Å². The van der Waals surface area contributed by atoms with Crippen LogP contribution in [0.5, 0.6) is 0 Å². The first kappa shape index (κ1) is 19.0. The number of ether oxygens (including phenoxy) is 5. The molecule has 4 aliphatic rings. The van der Waals surface area contributed by atoms with Crippen molar-refractivity contribution in [2.45, 2.75) is 87.8 Å². The third-order valence-corrected chi connectivity index (χ3v) is 8.54. The largest absolute Gasteiger partial charge is 0.377 e. The molecular weight excluding hydrogens is 362 g/mol. The van der Waals surface area contributed by atoms with Gasteiger partial charge in [-0.2, -0.15) is 4.31 Å². The second-order valence-electron chi connectivity index (χ2n) is 8.99. The van der Waals surface area contributed by atoms with E-state index in [1.165, 1.54) is 0 Å². The Morgan fingerprint density at radius 1 is 1.15 bits per heavy atom. The average molecular weight is 391 g/mol. The summed E-state index contributed by atoms with van der Waals surface area (Å²) < 4.78 is 57.1. The second-order valence-corrected chi connectivity index (χ2v) is 11.6. The quantitative estimate of drug-likeness (QED) is 0.690. The zero-order valence-corrected chi connectivity index (χ0v) is 17.0. The summed E-state index contributed by atoms with van der Waals surface area (Å²) in [7, 11) is -1.97. The SMILES string of the molecule is CO[C@@H]1CO[C@]23CCN(S(=O)(=O)C(C)(C)C)[C@@H]1[C@H]2O[C@@H]1OC(C)(C)O[C@@H]13. The minimum atomic E-state index is -3.55. The Balaban J connectivity index is 1.73. The molecule has 2 bridgehead atoms. The Kier molecular flexibility index (Phi) is 4.12. The molecular formula is C17H29NO7S. The molecule has 0 aromatic rings. The van der Waals surface area contributed by atoms with Gasteiger partial charge >= 0.3 is 0 Å². The van der Waals surface area contributed by atoms with E-state index in [1.54, 1.807) is 32.2 Å². The summed E-state index contributed by atoms with van der Waals surface area (Å²) in [6, 6.07) is -0.465. The summed E-state index contributed by atoms with van der Waals surface area (Å²) in [6.07, 6.45) is -1.33. The Bertz CT molecular complexity index is 688. The molecule has 0 aliphatic carbocycles. The van der Waals surface area contributed by atoms with Gasteiger partial charge in [0.1, 0.15) is 17.8 Å². The summed E-state index contributed by atoms with van der Waals surface area (Å²) in [6.45, 7) is 9.47.